The topological polar surface area (TPSA) is 29.5 Å². The van der Waals surface area contributed by atoms with Gasteiger partial charge < -0.3 is 0 Å². The molecule has 1 amide bonds. The van der Waals surface area contributed by atoms with Crippen LogP contribution in [0.25, 0.3) is 0 Å². The fraction of sp³-hybridized carbons (Fsp3) is 0.222. The first kappa shape index (κ1) is 12.4. The van der Waals surface area contributed by atoms with Crippen molar-refractivity contribution < 1.29 is 14.0 Å². The van der Waals surface area contributed by atoms with Crippen LogP contribution in [-0.4, -0.2) is 25.1 Å². The number of hydroxylamine groups is 2. The zero-order valence-electron chi connectivity index (χ0n) is 8.05. The van der Waals surface area contributed by atoms with Crippen LogP contribution in [0.4, 0.5) is 4.39 Å². The summed E-state index contributed by atoms with van der Waals surface area (Å²) in [5, 5.41) is 1.14. The zero-order chi connectivity index (χ0) is 11.6. The molecule has 0 N–H and O–H groups in total. The van der Waals surface area contributed by atoms with E-state index in [9.17, 15) is 9.18 Å². The molecule has 0 aliphatic carbocycles. The van der Waals surface area contributed by atoms with Crippen molar-refractivity contribution in [2.24, 2.45) is 0 Å². The average molecular weight is 297 g/mol. The third-order valence-corrected chi connectivity index (χ3v) is 3.14. The smallest absolute Gasteiger partial charge is 0.274 e. The molecule has 15 heavy (non-hydrogen) atoms. The van der Waals surface area contributed by atoms with Crippen LogP contribution in [0.1, 0.15) is 10.4 Å². The van der Waals surface area contributed by atoms with Gasteiger partial charge in [0.1, 0.15) is 0 Å². The Morgan fingerprint density at radius 1 is 1.60 bits per heavy atom. The van der Waals surface area contributed by atoms with Crippen LogP contribution in [0, 0.1) is 5.82 Å². The van der Waals surface area contributed by atoms with E-state index in [0.717, 1.165) is 5.06 Å². The van der Waals surface area contributed by atoms with Crippen molar-refractivity contribution in [2.45, 2.75) is 0 Å². The van der Waals surface area contributed by atoms with E-state index in [1.54, 1.807) is 0 Å². The van der Waals surface area contributed by atoms with Gasteiger partial charge >= 0.3 is 0 Å². The highest BCUT2D eigenvalue weighted by Crippen LogP contribution is 2.28. The minimum Gasteiger partial charge on any atom is -0.274 e. The first-order valence-electron chi connectivity index (χ1n) is 3.94. The lowest BCUT2D eigenvalue weighted by Crippen LogP contribution is -2.26. The second-order valence-electron chi connectivity index (χ2n) is 2.71. The van der Waals surface area contributed by atoms with Crippen LogP contribution in [0.5, 0.6) is 0 Å². The summed E-state index contributed by atoms with van der Waals surface area (Å²) in [6, 6.07) is 2.74. The number of amides is 1. The molecule has 0 saturated carbocycles. The zero-order valence-corrected chi connectivity index (χ0v) is 10.4. The number of hydrogen-bond donors (Lipinski definition) is 0. The maximum atomic E-state index is 13.6. The fourth-order valence-corrected chi connectivity index (χ4v) is 1.44. The average Bonchev–Trinajstić information content (AvgIpc) is 2.24. The van der Waals surface area contributed by atoms with Gasteiger partial charge in [-0.2, -0.15) is 0 Å². The van der Waals surface area contributed by atoms with Gasteiger partial charge in [0.2, 0.25) is 0 Å². The van der Waals surface area contributed by atoms with Gasteiger partial charge in [-0.15, -0.1) is 0 Å². The van der Waals surface area contributed by atoms with Crippen LogP contribution in [0.15, 0.2) is 16.6 Å². The van der Waals surface area contributed by atoms with Gasteiger partial charge in [-0.25, -0.2) is 9.45 Å². The van der Waals surface area contributed by atoms with Crippen molar-refractivity contribution in [3.8, 4) is 0 Å². The molecule has 0 fully saturated rings. The predicted molar refractivity (Wildman–Crippen MR) is 58.2 cm³/mol. The molecule has 0 atom stereocenters. The third-order valence-electron chi connectivity index (χ3n) is 1.83. The minimum atomic E-state index is -0.698. The Bertz CT molecular complexity index is 400. The van der Waals surface area contributed by atoms with E-state index < -0.39 is 11.7 Å². The standard InChI is InChI=1S/C9H8BrClFNO2/c1-13(15-2)9(14)5-3-4-6(11)7(10)8(5)12/h3-4H,1-2H3. The molecule has 0 heterocycles. The lowest BCUT2D eigenvalue weighted by Gasteiger charge is -2.14. The molecule has 6 heteroatoms. The molecule has 1 aromatic rings. The van der Waals surface area contributed by atoms with Crippen molar-refractivity contribution in [2.75, 3.05) is 14.2 Å². The predicted octanol–water partition coefficient (Wildman–Crippen LogP) is 2.88. The molecule has 82 valence electrons. The number of nitrogens with zero attached hydrogens (tertiary/aromatic N) is 1. The first-order chi connectivity index (χ1) is 6.99. The maximum Gasteiger partial charge on any atom is 0.280 e. The summed E-state index contributed by atoms with van der Waals surface area (Å²) in [5.41, 5.74) is -0.101. The van der Waals surface area contributed by atoms with Gasteiger partial charge in [0, 0.05) is 7.05 Å². The second-order valence-corrected chi connectivity index (χ2v) is 3.91. The number of carbonyl (C=O) groups excluding carboxylic acids is 1. The van der Waals surface area contributed by atoms with E-state index in [-0.39, 0.29) is 15.1 Å². The molecule has 0 bridgehead atoms. The lowest BCUT2D eigenvalue weighted by molar-refractivity contribution is -0.0759. The summed E-state index contributed by atoms with van der Waals surface area (Å²) in [6.45, 7) is 0. The van der Waals surface area contributed by atoms with Gasteiger partial charge in [-0.1, -0.05) is 11.6 Å². The van der Waals surface area contributed by atoms with Gasteiger partial charge in [0.15, 0.2) is 5.82 Å². The Hall–Kier alpha value is -0.650. The molecule has 0 aliphatic rings. The van der Waals surface area contributed by atoms with Gasteiger partial charge in [-0.3, -0.25) is 9.63 Å². The Morgan fingerprint density at radius 3 is 2.73 bits per heavy atom. The largest absolute Gasteiger partial charge is 0.280 e. The fourth-order valence-electron chi connectivity index (χ4n) is 0.944. The quantitative estimate of drug-likeness (QED) is 0.620. The number of benzene rings is 1. The van der Waals surface area contributed by atoms with E-state index in [1.165, 1.54) is 26.3 Å². The number of carbonyl (C=O) groups is 1. The Morgan fingerprint density at radius 2 is 2.20 bits per heavy atom. The van der Waals surface area contributed by atoms with E-state index in [4.69, 9.17) is 11.6 Å². The Kier molecular flexibility index (Phi) is 4.07. The van der Waals surface area contributed by atoms with E-state index >= 15 is 0 Å². The molecule has 1 aromatic carbocycles. The van der Waals surface area contributed by atoms with Crippen molar-refractivity contribution in [3.63, 3.8) is 0 Å². The van der Waals surface area contributed by atoms with Crippen LogP contribution in [0.2, 0.25) is 5.02 Å². The van der Waals surface area contributed by atoms with Crippen molar-refractivity contribution in [3.05, 3.63) is 33.0 Å². The van der Waals surface area contributed by atoms with Crippen LogP contribution < -0.4 is 0 Å². The third kappa shape index (κ3) is 2.48. The summed E-state index contributed by atoms with van der Waals surface area (Å²) >= 11 is 8.61. The van der Waals surface area contributed by atoms with E-state index in [2.05, 4.69) is 20.8 Å². The summed E-state index contributed by atoms with van der Waals surface area (Å²) in [7, 11) is 2.71. The molecule has 0 saturated heterocycles. The molecule has 0 unspecified atom stereocenters. The number of halogens is 3. The highest BCUT2D eigenvalue weighted by atomic mass is 79.9. The molecule has 0 aliphatic heterocycles. The molecular weight excluding hydrogens is 288 g/mol. The first-order valence-corrected chi connectivity index (χ1v) is 5.11. The van der Waals surface area contributed by atoms with Gasteiger partial charge in [-0.05, 0) is 28.1 Å². The SMILES string of the molecule is CON(C)C(=O)c1ccc(Cl)c(Br)c1F. The van der Waals surface area contributed by atoms with Crippen LogP contribution >= 0.6 is 27.5 Å². The van der Waals surface area contributed by atoms with E-state index in [0.29, 0.717) is 0 Å². The molecule has 3 nitrogen and oxygen atoms in total. The van der Waals surface area contributed by atoms with Gasteiger partial charge in [0.25, 0.3) is 5.91 Å². The lowest BCUT2D eigenvalue weighted by atomic mass is 10.2. The summed E-state index contributed by atoms with van der Waals surface area (Å²) in [5.74, 6) is -1.27. The second kappa shape index (κ2) is 4.92. The number of hydrogen-bond acceptors (Lipinski definition) is 2. The maximum absolute atomic E-state index is 13.6. The van der Waals surface area contributed by atoms with Crippen molar-refractivity contribution in [1.82, 2.24) is 5.06 Å². The number of rotatable bonds is 2. The van der Waals surface area contributed by atoms with Crippen LogP contribution in [-0.2, 0) is 4.84 Å². The molecule has 0 spiro atoms. The highest BCUT2D eigenvalue weighted by molar-refractivity contribution is 9.10. The van der Waals surface area contributed by atoms with E-state index in [1.807, 2.05) is 0 Å². The van der Waals surface area contributed by atoms with Gasteiger partial charge in [0.05, 0.1) is 22.2 Å². The van der Waals surface area contributed by atoms with Crippen molar-refractivity contribution >= 4 is 33.4 Å². The highest BCUT2D eigenvalue weighted by Gasteiger charge is 2.19. The summed E-state index contributed by atoms with van der Waals surface area (Å²) in [6.07, 6.45) is 0. The van der Waals surface area contributed by atoms with Crippen molar-refractivity contribution in [1.29, 1.82) is 0 Å². The monoisotopic (exact) mass is 295 g/mol. The summed E-state index contributed by atoms with van der Waals surface area (Å²) in [4.78, 5) is 16.2. The van der Waals surface area contributed by atoms with Crippen LogP contribution in [0.3, 0.4) is 0 Å². The molecular formula is C9H8BrClFNO2. The minimum absolute atomic E-state index is 0.0690. The molecule has 0 aromatic heterocycles. The Labute approximate surface area is 99.9 Å². The summed E-state index contributed by atoms with van der Waals surface area (Å²) < 4.78 is 13.6. The molecule has 1 rings (SSSR count). The normalized spacial score (nSPS) is 10.2. The molecule has 0 radical (unpaired) electrons. The Balaban J connectivity index is 3.16.